The Bertz CT molecular complexity index is 479. The third kappa shape index (κ3) is 3.96. The van der Waals surface area contributed by atoms with Crippen LogP contribution in [-0.4, -0.2) is 71.2 Å². The molecule has 1 aliphatic rings. The Morgan fingerprint density at radius 1 is 1.64 bits per heavy atom. The molecule has 1 aromatic heterocycles. The standard InChI is InChI=1S/C14H24N4O4/c1-3-18(12-8-22-9-13(12)19)14(20)16-7-11-6-15-10-17(11)4-5-21-2/h6,10,12-13,19H,3-5,7-9H2,1-2H3,(H,16,20)/t12-,13-/m0/s1. The molecule has 0 radical (unpaired) electrons. The number of aliphatic hydroxyl groups is 1. The number of likely N-dealkylation sites (N-methyl/N-ethyl adjacent to an activating group) is 1. The highest BCUT2D eigenvalue weighted by atomic mass is 16.5. The number of amides is 2. The Kier molecular flexibility index (Phi) is 6.17. The number of imidazole rings is 1. The predicted molar refractivity (Wildman–Crippen MR) is 79.3 cm³/mol. The minimum absolute atomic E-state index is 0.212. The van der Waals surface area contributed by atoms with E-state index < -0.39 is 6.10 Å². The molecule has 0 aliphatic carbocycles. The summed E-state index contributed by atoms with van der Waals surface area (Å²) in [6.45, 7) is 4.70. The molecule has 0 saturated carbocycles. The third-order valence-electron chi connectivity index (χ3n) is 3.78. The van der Waals surface area contributed by atoms with E-state index in [1.807, 2.05) is 11.5 Å². The number of aromatic nitrogens is 2. The number of methoxy groups -OCH3 is 1. The summed E-state index contributed by atoms with van der Waals surface area (Å²) in [6.07, 6.45) is 2.81. The van der Waals surface area contributed by atoms with E-state index in [0.717, 1.165) is 5.69 Å². The van der Waals surface area contributed by atoms with Gasteiger partial charge in [0.25, 0.3) is 0 Å². The van der Waals surface area contributed by atoms with E-state index in [-0.39, 0.29) is 18.7 Å². The van der Waals surface area contributed by atoms with Gasteiger partial charge in [-0.05, 0) is 6.92 Å². The van der Waals surface area contributed by atoms with Crippen LogP contribution >= 0.6 is 0 Å². The fourth-order valence-electron chi connectivity index (χ4n) is 2.51. The molecule has 2 amide bonds. The maximum absolute atomic E-state index is 12.3. The number of rotatable bonds is 7. The van der Waals surface area contributed by atoms with Crippen LogP contribution in [-0.2, 0) is 22.6 Å². The van der Waals surface area contributed by atoms with Crippen LogP contribution in [0.3, 0.4) is 0 Å². The molecule has 1 fully saturated rings. The highest BCUT2D eigenvalue weighted by Gasteiger charge is 2.33. The molecule has 2 N–H and O–H groups in total. The highest BCUT2D eigenvalue weighted by molar-refractivity contribution is 5.74. The average Bonchev–Trinajstić information content (AvgIpc) is 3.13. The maximum atomic E-state index is 12.3. The Balaban J connectivity index is 1.90. The zero-order valence-corrected chi connectivity index (χ0v) is 13.1. The Labute approximate surface area is 130 Å². The number of carbonyl (C=O) groups excluding carboxylic acids is 1. The molecule has 0 spiro atoms. The van der Waals surface area contributed by atoms with Gasteiger partial charge in [0.2, 0.25) is 0 Å². The zero-order valence-electron chi connectivity index (χ0n) is 13.1. The number of hydrogen-bond donors (Lipinski definition) is 2. The van der Waals surface area contributed by atoms with E-state index in [2.05, 4.69) is 10.3 Å². The van der Waals surface area contributed by atoms with Crippen LogP contribution in [0.25, 0.3) is 0 Å². The number of carbonyl (C=O) groups is 1. The quantitative estimate of drug-likeness (QED) is 0.729. The molecule has 1 saturated heterocycles. The fraction of sp³-hybridized carbons (Fsp3) is 0.714. The van der Waals surface area contributed by atoms with Gasteiger partial charge in [0.15, 0.2) is 0 Å². The molecule has 1 aliphatic heterocycles. The van der Waals surface area contributed by atoms with Crippen molar-refractivity contribution in [1.29, 1.82) is 0 Å². The number of ether oxygens (including phenoxy) is 2. The largest absolute Gasteiger partial charge is 0.388 e. The van der Waals surface area contributed by atoms with Crippen molar-refractivity contribution in [3.8, 4) is 0 Å². The monoisotopic (exact) mass is 312 g/mol. The lowest BCUT2D eigenvalue weighted by Gasteiger charge is -2.28. The topological polar surface area (TPSA) is 88.9 Å². The Morgan fingerprint density at radius 3 is 3.09 bits per heavy atom. The number of nitrogens with one attached hydrogen (secondary N) is 1. The number of hydrogen-bond acceptors (Lipinski definition) is 5. The summed E-state index contributed by atoms with van der Waals surface area (Å²) in [6, 6.07) is -0.500. The van der Waals surface area contributed by atoms with Crippen molar-refractivity contribution in [3.05, 3.63) is 18.2 Å². The van der Waals surface area contributed by atoms with Crippen LogP contribution in [0.5, 0.6) is 0 Å². The Morgan fingerprint density at radius 2 is 2.45 bits per heavy atom. The Hall–Kier alpha value is -1.64. The lowest BCUT2D eigenvalue weighted by atomic mass is 10.2. The number of urea groups is 1. The first-order chi connectivity index (χ1) is 10.7. The average molecular weight is 312 g/mol. The molecule has 8 nitrogen and oxygen atoms in total. The van der Waals surface area contributed by atoms with Crippen LogP contribution in [0, 0.1) is 0 Å². The lowest BCUT2D eigenvalue weighted by Crippen LogP contribution is -2.50. The van der Waals surface area contributed by atoms with Crippen molar-refractivity contribution >= 4 is 6.03 Å². The summed E-state index contributed by atoms with van der Waals surface area (Å²) in [7, 11) is 1.65. The molecule has 124 valence electrons. The predicted octanol–water partition coefficient (Wildman–Crippen LogP) is -0.179. The van der Waals surface area contributed by atoms with Crippen molar-refractivity contribution in [2.45, 2.75) is 32.2 Å². The van der Waals surface area contributed by atoms with Crippen molar-refractivity contribution in [2.24, 2.45) is 0 Å². The summed E-state index contributed by atoms with van der Waals surface area (Å²) < 4.78 is 12.2. The van der Waals surface area contributed by atoms with E-state index in [1.54, 1.807) is 24.5 Å². The molecule has 0 unspecified atom stereocenters. The van der Waals surface area contributed by atoms with Crippen LogP contribution in [0.1, 0.15) is 12.6 Å². The first kappa shape index (κ1) is 16.7. The molecular formula is C14H24N4O4. The summed E-state index contributed by atoms with van der Waals surface area (Å²) in [5.41, 5.74) is 0.907. The van der Waals surface area contributed by atoms with Gasteiger partial charge in [-0.1, -0.05) is 0 Å². The molecule has 2 heterocycles. The van der Waals surface area contributed by atoms with E-state index in [9.17, 15) is 9.90 Å². The number of nitrogens with zero attached hydrogens (tertiary/aromatic N) is 3. The van der Waals surface area contributed by atoms with Gasteiger partial charge < -0.3 is 29.4 Å². The van der Waals surface area contributed by atoms with Crippen molar-refractivity contribution < 1.29 is 19.4 Å². The van der Waals surface area contributed by atoms with Gasteiger partial charge in [0.05, 0.1) is 50.5 Å². The van der Waals surface area contributed by atoms with Crippen molar-refractivity contribution in [1.82, 2.24) is 19.8 Å². The molecule has 22 heavy (non-hydrogen) atoms. The molecule has 2 rings (SSSR count). The minimum Gasteiger partial charge on any atom is -0.388 e. The van der Waals surface area contributed by atoms with Gasteiger partial charge in [-0.15, -0.1) is 0 Å². The molecule has 8 heteroatoms. The highest BCUT2D eigenvalue weighted by Crippen LogP contribution is 2.13. The fourth-order valence-corrected chi connectivity index (χ4v) is 2.51. The van der Waals surface area contributed by atoms with Gasteiger partial charge in [-0.3, -0.25) is 0 Å². The van der Waals surface area contributed by atoms with E-state index in [0.29, 0.717) is 32.8 Å². The second kappa shape index (κ2) is 8.11. The lowest BCUT2D eigenvalue weighted by molar-refractivity contribution is 0.0962. The first-order valence-electron chi connectivity index (χ1n) is 7.45. The van der Waals surface area contributed by atoms with E-state index in [1.165, 1.54) is 0 Å². The summed E-state index contributed by atoms with van der Waals surface area (Å²) in [5.74, 6) is 0. The SMILES string of the molecule is CCN(C(=O)NCc1cncn1CCOC)[C@H]1COC[C@@H]1O. The number of aliphatic hydroxyl groups excluding tert-OH is 1. The van der Waals surface area contributed by atoms with Crippen LogP contribution in [0.2, 0.25) is 0 Å². The van der Waals surface area contributed by atoms with Crippen LogP contribution < -0.4 is 5.32 Å². The van der Waals surface area contributed by atoms with Gasteiger partial charge in [-0.25, -0.2) is 9.78 Å². The van der Waals surface area contributed by atoms with Crippen LogP contribution in [0.15, 0.2) is 12.5 Å². The summed E-state index contributed by atoms with van der Waals surface area (Å²) in [4.78, 5) is 18.0. The first-order valence-corrected chi connectivity index (χ1v) is 7.45. The summed E-state index contributed by atoms with van der Waals surface area (Å²) in [5, 5.41) is 12.7. The maximum Gasteiger partial charge on any atom is 0.318 e. The molecule has 0 bridgehead atoms. The van der Waals surface area contributed by atoms with Crippen molar-refractivity contribution in [3.63, 3.8) is 0 Å². The van der Waals surface area contributed by atoms with E-state index in [4.69, 9.17) is 9.47 Å². The molecule has 0 aromatic carbocycles. The van der Waals surface area contributed by atoms with Gasteiger partial charge >= 0.3 is 6.03 Å². The molecule has 2 atom stereocenters. The van der Waals surface area contributed by atoms with Crippen LogP contribution in [0.4, 0.5) is 4.79 Å². The molecular weight excluding hydrogens is 288 g/mol. The van der Waals surface area contributed by atoms with Gasteiger partial charge in [0.1, 0.15) is 0 Å². The van der Waals surface area contributed by atoms with Gasteiger partial charge in [0, 0.05) is 26.4 Å². The summed E-state index contributed by atoms with van der Waals surface area (Å²) >= 11 is 0. The van der Waals surface area contributed by atoms with E-state index >= 15 is 0 Å². The normalized spacial score (nSPS) is 21.0. The molecule has 1 aromatic rings. The second-order valence-corrected chi connectivity index (χ2v) is 5.19. The van der Waals surface area contributed by atoms with Crippen molar-refractivity contribution in [2.75, 3.05) is 33.5 Å². The minimum atomic E-state index is -0.627. The van der Waals surface area contributed by atoms with Gasteiger partial charge in [-0.2, -0.15) is 0 Å². The third-order valence-corrected chi connectivity index (χ3v) is 3.78. The smallest absolute Gasteiger partial charge is 0.318 e. The second-order valence-electron chi connectivity index (χ2n) is 5.19. The zero-order chi connectivity index (χ0) is 15.9.